The van der Waals surface area contributed by atoms with Gasteiger partial charge in [-0.25, -0.2) is 4.79 Å². The number of carboxylic acids is 1. The van der Waals surface area contributed by atoms with E-state index in [-0.39, 0.29) is 17.2 Å². The van der Waals surface area contributed by atoms with Crippen molar-refractivity contribution in [1.29, 1.82) is 0 Å². The van der Waals surface area contributed by atoms with Gasteiger partial charge in [0, 0.05) is 17.5 Å². The van der Waals surface area contributed by atoms with E-state index in [2.05, 4.69) is 22.5 Å². The van der Waals surface area contributed by atoms with E-state index in [0.29, 0.717) is 5.69 Å². The fourth-order valence-corrected chi connectivity index (χ4v) is 3.96. The van der Waals surface area contributed by atoms with Crippen LogP contribution in [-0.2, 0) is 27.0 Å². The predicted molar refractivity (Wildman–Crippen MR) is 92.4 cm³/mol. The van der Waals surface area contributed by atoms with Crippen LogP contribution in [0.5, 0.6) is 0 Å². The number of rotatable bonds is 4. The third-order valence-electron chi connectivity index (χ3n) is 5.73. The number of hydrogen-bond donors (Lipinski definition) is 2. The van der Waals surface area contributed by atoms with Gasteiger partial charge >= 0.3 is 5.97 Å². The summed E-state index contributed by atoms with van der Waals surface area (Å²) >= 11 is 0. The van der Waals surface area contributed by atoms with Crippen molar-refractivity contribution in [3.8, 4) is 0 Å². The summed E-state index contributed by atoms with van der Waals surface area (Å²) in [6.07, 6.45) is 6.01. The minimum Gasteiger partial charge on any atom is -0.479 e. The highest BCUT2D eigenvalue weighted by Crippen LogP contribution is 2.61. The maximum Gasteiger partial charge on any atom is 0.331 e. The molecule has 2 N–H and O–H groups in total. The van der Waals surface area contributed by atoms with Gasteiger partial charge in [0.05, 0.1) is 11.9 Å². The molecule has 1 aromatic heterocycles. The van der Waals surface area contributed by atoms with Crippen LogP contribution in [0, 0.1) is 5.92 Å². The van der Waals surface area contributed by atoms with Gasteiger partial charge in [-0.15, -0.1) is 0 Å². The van der Waals surface area contributed by atoms with Gasteiger partial charge in [-0.2, -0.15) is 5.10 Å². The Morgan fingerprint density at radius 1 is 1.36 bits per heavy atom. The fourth-order valence-electron chi connectivity index (χ4n) is 3.96. The molecule has 6 nitrogen and oxygen atoms in total. The smallest absolute Gasteiger partial charge is 0.331 e. The Balaban J connectivity index is 1.48. The molecule has 1 heterocycles. The first-order valence-electron chi connectivity index (χ1n) is 8.52. The maximum atomic E-state index is 12.7. The molecule has 0 aliphatic heterocycles. The molecule has 2 aliphatic rings. The lowest BCUT2D eigenvalue weighted by Crippen LogP contribution is -2.35. The van der Waals surface area contributed by atoms with Crippen LogP contribution in [-0.4, -0.2) is 26.8 Å². The highest BCUT2D eigenvalue weighted by molar-refractivity contribution is 5.96. The van der Waals surface area contributed by atoms with Crippen molar-refractivity contribution in [2.45, 2.75) is 44.1 Å². The second-order valence-electron chi connectivity index (χ2n) is 7.60. The lowest BCUT2D eigenvalue weighted by molar-refractivity contribution is -0.146. The normalized spacial score (nSPS) is 24.2. The van der Waals surface area contributed by atoms with Crippen LogP contribution < -0.4 is 5.32 Å². The summed E-state index contributed by atoms with van der Waals surface area (Å²) in [6, 6.07) is 8.38. The van der Waals surface area contributed by atoms with Gasteiger partial charge in [0.1, 0.15) is 0 Å². The molecule has 25 heavy (non-hydrogen) atoms. The van der Waals surface area contributed by atoms with Crippen molar-refractivity contribution in [2.24, 2.45) is 5.92 Å². The first-order valence-corrected chi connectivity index (χ1v) is 8.52. The zero-order chi connectivity index (χ0) is 17.8. The molecule has 1 amide bonds. The topological polar surface area (TPSA) is 84.2 Å². The van der Waals surface area contributed by atoms with Crippen molar-refractivity contribution in [1.82, 2.24) is 9.78 Å². The Morgan fingerprint density at radius 3 is 2.88 bits per heavy atom. The maximum absolute atomic E-state index is 12.7. The van der Waals surface area contributed by atoms with E-state index in [9.17, 15) is 14.7 Å². The number of carbonyl (C=O) groups excluding carboxylic acids is 1. The molecule has 130 valence electrons. The van der Waals surface area contributed by atoms with Crippen molar-refractivity contribution in [3.63, 3.8) is 0 Å². The molecule has 1 saturated carbocycles. The average Bonchev–Trinajstić information content (AvgIpc) is 2.92. The van der Waals surface area contributed by atoms with Gasteiger partial charge in [0.15, 0.2) is 5.54 Å². The number of benzene rings is 1. The minimum absolute atomic E-state index is 0.00297. The zero-order valence-corrected chi connectivity index (χ0v) is 14.3. The number of hydrogen-bond acceptors (Lipinski definition) is 3. The molecular weight excluding hydrogens is 318 g/mol. The molecule has 0 bridgehead atoms. The standard InChI is InChI=1S/C19H21N3O3/c1-18(2,17(24)25)22-11-13(10-20-22)21-16(23)15-9-19(15)8-7-12-5-3-4-6-14(12)19/h3-6,10-11,15H,7-9H2,1-2H3,(H,21,23)(H,24,25). The summed E-state index contributed by atoms with van der Waals surface area (Å²) in [7, 11) is 0. The molecule has 0 radical (unpaired) electrons. The molecule has 6 heteroatoms. The first kappa shape index (κ1) is 15.9. The van der Waals surface area contributed by atoms with E-state index in [4.69, 9.17) is 0 Å². The van der Waals surface area contributed by atoms with Gasteiger partial charge in [0.2, 0.25) is 5.91 Å². The summed E-state index contributed by atoms with van der Waals surface area (Å²) in [5, 5.41) is 16.3. The Morgan fingerprint density at radius 2 is 2.12 bits per heavy atom. The molecule has 1 fully saturated rings. The summed E-state index contributed by atoms with van der Waals surface area (Å²) in [5.74, 6) is -1.01. The lowest BCUT2D eigenvalue weighted by Gasteiger charge is -2.19. The van der Waals surface area contributed by atoms with E-state index in [1.807, 2.05) is 12.1 Å². The highest BCUT2D eigenvalue weighted by Gasteiger charge is 2.61. The lowest BCUT2D eigenvalue weighted by atomic mass is 9.95. The van der Waals surface area contributed by atoms with Crippen molar-refractivity contribution < 1.29 is 14.7 Å². The number of aromatic nitrogens is 2. The van der Waals surface area contributed by atoms with Crippen LogP contribution in [0.15, 0.2) is 36.7 Å². The highest BCUT2D eigenvalue weighted by atomic mass is 16.4. The van der Waals surface area contributed by atoms with Gasteiger partial charge in [-0.1, -0.05) is 24.3 Å². The minimum atomic E-state index is -1.16. The second-order valence-corrected chi connectivity index (χ2v) is 7.60. The monoisotopic (exact) mass is 339 g/mol. The van der Waals surface area contributed by atoms with E-state index in [1.54, 1.807) is 20.0 Å². The largest absolute Gasteiger partial charge is 0.479 e. The quantitative estimate of drug-likeness (QED) is 0.896. The zero-order valence-electron chi connectivity index (χ0n) is 14.3. The fraction of sp³-hybridized carbons (Fsp3) is 0.421. The number of aryl methyl sites for hydroxylation is 1. The van der Waals surface area contributed by atoms with Crippen LogP contribution in [0.2, 0.25) is 0 Å². The number of nitrogens with one attached hydrogen (secondary N) is 1. The number of aliphatic carboxylic acids is 1. The van der Waals surface area contributed by atoms with E-state index in [1.165, 1.54) is 22.0 Å². The van der Waals surface area contributed by atoms with Crippen LogP contribution in [0.25, 0.3) is 0 Å². The number of amides is 1. The summed E-state index contributed by atoms with van der Waals surface area (Å²) in [4.78, 5) is 24.0. The van der Waals surface area contributed by atoms with Crippen LogP contribution in [0.1, 0.15) is 37.8 Å². The Labute approximate surface area is 145 Å². The van der Waals surface area contributed by atoms with E-state index >= 15 is 0 Å². The molecule has 2 aliphatic carbocycles. The van der Waals surface area contributed by atoms with Gasteiger partial charge in [-0.3, -0.25) is 9.48 Å². The molecule has 1 spiro atoms. The third kappa shape index (κ3) is 2.35. The first-order chi connectivity index (χ1) is 11.8. The van der Waals surface area contributed by atoms with Crippen molar-refractivity contribution >= 4 is 17.6 Å². The third-order valence-corrected chi connectivity index (χ3v) is 5.73. The second kappa shape index (κ2) is 5.18. The Hall–Kier alpha value is -2.63. The Bertz CT molecular complexity index is 870. The SMILES string of the molecule is CC(C)(C(=O)O)n1cc(NC(=O)C2CC23CCc2ccccc23)cn1. The van der Waals surface area contributed by atoms with E-state index in [0.717, 1.165) is 19.3 Å². The summed E-state index contributed by atoms with van der Waals surface area (Å²) in [5.41, 5.74) is 2.05. The van der Waals surface area contributed by atoms with E-state index < -0.39 is 11.5 Å². The predicted octanol–water partition coefficient (Wildman–Crippen LogP) is 2.55. The van der Waals surface area contributed by atoms with Crippen LogP contribution in [0.4, 0.5) is 5.69 Å². The van der Waals surface area contributed by atoms with Crippen molar-refractivity contribution in [2.75, 3.05) is 5.32 Å². The van der Waals surface area contributed by atoms with Crippen LogP contribution >= 0.6 is 0 Å². The van der Waals surface area contributed by atoms with Gasteiger partial charge < -0.3 is 10.4 Å². The molecule has 1 aromatic carbocycles. The molecule has 4 rings (SSSR count). The number of fused-ring (bicyclic) bond motifs is 2. The number of carbonyl (C=O) groups is 2. The molecular formula is C19H21N3O3. The number of anilines is 1. The van der Waals surface area contributed by atoms with Gasteiger partial charge in [0.25, 0.3) is 0 Å². The Kier molecular flexibility index (Phi) is 3.29. The molecule has 2 unspecified atom stereocenters. The summed E-state index contributed by atoms with van der Waals surface area (Å²) in [6.45, 7) is 3.14. The van der Waals surface area contributed by atoms with Crippen molar-refractivity contribution in [3.05, 3.63) is 47.8 Å². The molecule has 2 aromatic rings. The average molecular weight is 339 g/mol. The van der Waals surface area contributed by atoms with Crippen LogP contribution in [0.3, 0.4) is 0 Å². The van der Waals surface area contributed by atoms with Gasteiger partial charge in [-0.05, 0) is 44.2 Å². The molecule has 0 saturated heterocycles. The summed E-state index contributed by atoms with van der Waals surface area (Å²) < 4.78 is 1.36. The molecule has 2 atom stereocenters. The number of nitrogens with zero attached hydrogens (tertiary/aromatic N) is 2. The number of carboxylic acid groups (broad SMARTS) is 1.